The number of hydrogen-bond acceptors (Lipinski definition) is 6. The van der Waals surface area contributed by atoms with Crippen molar-refractivity contribution in [1.82, 2.24) is 4.72 Å². The third-order valence-electron chi connectivity index (χ3n) is 2.26. The number of rotatable bonds is 5. The van der Waals surface area contributed by atoms with E-state index in [9.17, 15) is 18.0 Å². The summed E-state index contributed by atoms with van der Waals surface area (Å²) in [7, 11) is -2.94. The van der Waals surface area contributed by atoms with E-state index < -0.39 is 33.8 Å². The van der Waals surface area contributed by atoms with Gasteiger partial charge in [-0.2, -0.15) is 4.72 Å². The summed E-state index contributed by atoms with van der Waals surface area (Å²) in [6, 6.07) is -0.220. The van der Waals surface area contributed by atoms with Gasteiger partial charge in [-0.3, -0.25) is 4.79 Å². The summed E-state index contributed by atoms with van der Waals surface area (Å²) in [5.74, 6) is -2.72. The Kier molecular flexibility index (Phi) is 4.32. The Morgan fingerprint density at radius 3 is 2.47 bits per heavy atom. The normalized spacial score (nSPS) is 13.0. The quantitative estimate of drug-likeness (QED) is 0.739. The highest BCUT2D eigenvalue weighted by atomic mass is 32.2. The predicted octanol–water partition coefficient (Wildman–Crippen LogP) is 0.126. The summed E-state index contributed by atoms with van der Waals surface area (Å²) >= 11 is 0. The third-order valence-corrected chi connectivity index (χ3v) is 3.91. The maximum Gasteiger partial charge on any atom is 0.371 e. The molecule has 0 saturated heterocycles. The minimum absolute atomic E-state index is 0.0815. The number of aryl methyl sites for hydroxylation is 1. The van der Waals surface area contributed by atoms with Crippen molar-refractivity contribution in [2.45, 2.75) is 24.8 Å². The van der Waals surface area contributed by atoms with Crippen LogP contribution >= 0.6 is 0 Å². The number of esters is 1. The van der Waals surface area contributed by atoms with Gasteiger partial charge in [0.15, 0.2) is 0 Å². The zero-order valence-electron chi connectivity index (χ0n) is 10.5. The number of carboxylic acids is 1. The van der Waals surface area contributed by atoms with Crippen molar-refractivity contribution in [2.24, 2.45) is 0 Å². The van der Waals surface area contributed by atoms with Gasteiger partial charge in [-0.05, 0) is 13.8 Å². The first kappa shape index (κ1) is 15.2. The first-order valence-corrected chi connectivity index (χ1v) is 6.61. The number of nitrogens with one attached hydrogen (secondary N) is 1. The molecule has 1 aromatic heterocycles. The van der Waals surface area contributed by atoms with Crippen LogP contribution in [0.3, 0.4) is 0 Å². The highest BCUT2D eigenvalue weighted by molar-refractivity contribution is 7.89. The van der Waals surface area contributed by atoms with Gasteiger partial charge in [0.1, 0.15) is 16.7 Å². The number of carbonyl (C=O) groups excluding carboxylic acids is 1. The fourth-order valence-corrected chi connectivity index (χ4v) is 2.73. The molecule has 1 heterocycles. The summed E-state index contributed by atoms with van der Waals surface area (Å²) in [5, 5.41) is 8.71. The minimum Gasteiger partial charge on any atom is -0.475 e. The number of aromatic carboxylic acids is 1. The molecule has 0 aromatic carbocycles. The Balaban J connectivity index is 3.07. The molecule has 0 fully saturated rings. The van der Waals surface area contributed by atoms with E-state index in [1.165, 1.54) is 13.8 Å². The number of ether oxygens (including phenoxy) is 1. The molecule has 19 heavy (non-hydrogen) atoms. The molecule has 0 unspecified atom stereocenters. The first-order chi connectivity index (χ1) is 8.69. The van der Waals surface area contributed by atoms with E-state index in [1.54, 1.807) is 0 Å². The Bertz CT molecular complexity index is 601. The molecule has 8 nitrogen and oxygen atoms in total. The Labute approximate surface area is 109 Å². The lowest BCUT2D eigenvalue weighted by molar-refractivity contribution is -0.142. The maximum atomic E-state index is 11.9. The summed E-state index contributed by atoms with van der Waals surface area (Å²) in [4.78, 5) is 21.5. The topological polar surface area (TPSA) is 123 Å². The van der Waals surface area contributed by atoms with Crippen LogP contribution in [0.15, 0.2) is 15.4 Å². The second-order valence-electron chi connectivity index (χ2n) is 3.70. The lowest BCUT2D eigenvalue weighted by Crippen LogP contribution is -2.39. The Hall–Kier alpha value is -1.87. The van der Waals surface area contributed by atoms with Gasteiger partial charge in [0.2, 0.25) is 15.8 Å². The average molecular weight is 291 g/mol. The van der Waals surface area contributed by atoms with Crippen molar-refractivity contribution in [3.8, 4) is 0 Å². The fraction of sp³-hybridized carbons (Fsp3) is 0.400. The minimum atomic E-state index is -4.07. The van der Waals surface area contributed by atoms with Crippen molar-refractivity contribution in [1.29, 1.82) is 0 Å². The molecule has 9 heteroatoms. The van der Waals surface area contributed by atoms with Gasteiger partial charge in [-0.1, -0.05) is 0 Å². The molecular formula is C10H13NO7S. The highest BCUT2D eigenvalue weighted by Gasteiger charge is 2.27. The molecule has 0 amide bonds. The van der Waals surface area contributed by atoms with E-state index in [1.807, 2.05) is 0 Å². The molecule has 2 N–H and O–H groups in total. The average Bonchev–Trinajstić information content (AvgIpc) is 2.70. The van der Waals surface area contributed by atoms with Crippen molar-refractivity contribution in [2.75, 3.05) is 7.11 Å². The molecule has 0 aliphatic carbocycles. The van der Waals surface area contributed by atoms with Crippen LogP contribution in [0, 0.1) is 6.92 Å². The second-order valence-corrected chi connectivity index (χ2v) is 5.38. The molecule has 0 aliphatic rings. The van der Waals surface area contributed by atoms with Gasteiger partial charge in [0, 0.05) is 6.07 Å². The summed E-state index contributed by atoms with van der Waals surface area (Å²) in [6.45, 7) is 2.61. The van der Waals surface area contributed by atoms with E-state index in [-0.39, 0.29) is 10.7 Å². The molecule has 0 bridgehead atoms. The Morgan fingerprint density at radius 2 is 2.05 bits per heavy atom. The van der Waals surface area contributed by atoms with Gasteiger partial charge in [0.25, 0.3) is 0 Å². The molecule has 0 spiro atoms. The van der Waals surface area contributed by atoms with Gasteiger partial charge in [0.05, 0.1) is 7.11 Å². The van der Waals surface area contributed by atoms with Crippen LogP contribution in [0.1, 0.15) is 23.2 Å². The van der Waals surface area contributed by atoms with Crippen molar-refractivity contribution >= 4 is 22.0 Å². The monoisotopic (exact) mass is 291 g/mol. The fourth-order valence-electron chi connectivity index (χ4n) is 1.36. The number of carboxylic acid groups (broad SMARTS) is 1. The van der Waals surface area contributed by atoms with Gasteiger partial charge in [-0.15, -0.1) is 0 Å². The van der Waals surface area contributed by atoms with E-state index >= 15 is 0 Å². The number of furan rings is 1. The van der Waals surface area contributed by atoms with Crippen molar-refractivity contribution < 1.29 is 32.3 Å². The van der Waals surface area contributed by atoms with Crippen molar-refractivity contribution in [3.63, 3.8) is 0 Å². The molecule has 0 saturated carbocycles. The summed E-state index contributed by atoms with van der Waals surface area (Å²) in [5.41, 5.74) is 0. The molecule has 106 valence electrons. The number of hydrogen-bond donors (Lipinski definition) is 2. The molecule has 1 aromatic rings. The molecular weight excluding hydrogens is 278 g/mol. The van der Waals surface area contributed by atoms with Crippen LogP contribution < -0.4 is 4.72 Å². The standard InChI is InChI=1S/C10H13NO7S/c1-5(10(14)17-3)11-19(15,16)8-4-7(9(12)13)18-6(8)2/h4-5,11H,1-3H3,(H,12,13)/t5-/m0/s1. The van der Waals surface area contributed by atoms with Crippen LogP contribution in [0.2, 0.25) is 0 Å². The van der Waals surface area contributed by atoms with Crippen LogP contribution in [0.4, 0.5) is 0 Å². The third kappa shape index (κ3) is 3.32. The van der Waals surface area contributed by atoms with Crippen LogP contribution in [0.5, 0.6) is 0 Å². The smallest absolute Gasteiger partial charge is 0.371 e. The lowest BCUT2D eigenvalue weighted by Gasteiger charge is -2.11. The van der Waals surface area contributed by atoms with Gasteiger partial charge in [-0.25, -0.2) is 13.2 Å². The second kappa shape index (κ2) is 5.41. The Morgan fingerprint density at radius 1 is 1.47 bits per heavy atom. The zero-order valence-corrected chi connectivity index (χ0v) is 11.3. The zero-order chi connectivity index (χ0) is 14.8. The maximum absolute atomic E-state index is 11.9. The SMILES string of the molecule is COC(=O)[C@H](C)NS(=O)(=O)c1cc(C(=O)O)oc1C. The van der Waals surface area contributed by atoms with E-state index in [0.717, 1.165) is 13.2 Å². The van der Waals surface area contributed by atoms with E-state index in [0.29, 0.717) is 0 Å². The number of sulfonamides is 1. The number of carbonyl (C=O) groups is 2. The lowest BCUT2D eigenvalue weighted by atomic mass is 10.4. The van der Waals surface area contributed by atoms with Crippen LogP contribution in [-0.2, 0) is 19.6 Å². The summed E-state index contributed by atoms with van der Waals surface area (Å²) < 4.78 is 35.1. The largest absolute Gasteiger partial charge is 0.475 e. The van der Waals surface area contributed by atoms with E-state index in [4.69, 9.17) is 9.52 Å². The van der Waals surface area contributed by atoms with Gasteiger partial charge < -0.3 is 14.3 Å². The number of methoxy groups -OCH3 is 1. The molecule has 0 radical (unpaired) electrons. The van der Waals surface area contributed by atoms with Crippen LogP contribution in [0.25, 0.3) is 0 Å². The highest BCUT2D eigenvalue weighted by Crippen LogP contribution is 2.20. The van der Waals surface area contributed by atoms with Crippen LogP contribution in [-0.4, -0.2) is 38.6 Å². The summed E-state index contributed by atoms with van der Waals surface area (Å²) in [6.07, 6.45) is 0. The van der Waals surface area contributed by atoms with Gasteiger partial charge >= 0.3 is 11.9 Å². The molecule has 1 atom stereocenters. The first-order valence-electron chi connectivity index (χ1n) is 5.13. The van der Waals surface area contributed by atoms with E-state index in [2.05, 4.69) is 9.46 Å². The molecule has 1 rings (SSSR count). The predicted molar refractivity (Wildman–Crippen MR) is 62.2 cm³/mol. The van der Waals surface area contributed by atoms with Crippen molar-refractivity contribution in [3.05, 3.63) is 17.6 Å². The molecule has 0 aliphatic heterocycles.